The molecule has 0 aliphatic carbocycles. The summed E-state index contributed by atoms with van der Waals surface area (Å²) >= 11 is 0. The fraction of sp³-hybridized carbons (Fsp3) is 0.714. The van der Waals surface area contributed by atoms with Gasteiger partial charge in [0.1, 0.15) is 17.1 Å². The normalized spacial score (nSPS) is 15.7. The Hall–Kier alpha value is -1.94. The van der Waals surface area contributed by atoms with E-state index in [0.29, 0.717) is 11.5 Å². The fourth-order valence-corrected chi connectivity index (χ4v) is 5.70. The van der Waals surface area contributed by atoms with Crippen LogP contribution in [0.25, 0.3) is 0 Å². The molecule has 0 heterocycles. The maximum atomic E-state index is 13.6. The lowest BCUT2D eigenvalue weighted by Gasteiger charge is -2.31. The number of ketones is 1. The number of hydrogen-bond acceptors (Lipinski definition) is 6. The first-order chi connectivity index (χ1) is 16.1. The van der Waals surface area contributed by atoms with Crippen molar-refractivity contribution in [1.82, 2.24) is 0 Å². The van der Waals surface area contributed by atoms with Gasteiger partial charge in [-0.3, -0.25) is 14.2 Å². The molecule has 0 bridgehead atoms. The Morgan fingerprint density at radius 1 is 0.857 bits per heavy atom. The van der Waals surface area contributed by atoms with Crippen LogP contribution in [0.4, 0.5) is 0 Å². The summed E-state index contributed by atoms with van der Waals surface area (Å²) in [6.07, 6.45) is 1.69. The van der Waals surface area contributed by atoms with Crippen molar-refractivity contribution in [2.45, 2.75) is 86.2 Å². The Labute approximate surface area is 213 Å². The van der Waals surface area contributed by atoms with E-state index in [2.05, 4.69) is 41.5 Å². The molecule has 0 amide bonds. The molecule has 198 valence electrons. The highest BCUT2D eigenvalue weighted by Crippen LogP contribution is 2.42. The van der Waals surface area contributed by atoms with E-state index in [1.165, 1.54) is 14.2 Å². The van der Waals surface area contributed by atoms with Gasteiger partial charge in [0.2, 0.25) is 0 Å². The summed E-state index contributed by atoms with van der Waals surface area (Å²) in [6.45, 7) is 17.1. The van der Waals surface area contributed by atoms with E-state index in [4.69, 9.17) is 14.2 Å². The number of hydrogen-bond donors (Lipinski definition) is 0. The number of carbonyl (C=O) groups excluding carboxylic acids is 2. The Kier molecular flexibility index (Phi) is 11.4. The average Bonchev–Trinajstić information content (AvgIpc) is 2.73. The van der Waals surface area contributed by atoms with Crippen molar-refractivity contribution in [1.29, 1.82) is 0 Å². The van der Waals surface area contributed by atoms with Gasteiger partial charge in [0.15, 0.2) is 19.4 Å². The summed E-state index contributed by atoms with van der Waals surface area (Å²) in [4.78, 5) is 27.1. The molecular weight excluding hydrogens is 463 g/mol. The Morgan fingerprint density at radius 2 is 1.34 bits per heavy atom. The van der Waals surface area contributed by atoms with Crippen molar-refractivity contribution in [3.05, 3.63) is 23.8 Å². The van der Waals surface area contributed by atoms with Crippen LogP contribution in [-0.2, 0) is 14.1 Å². The van der Waals surface area contributed by atoms with Crippen LogP contribution in [0.15, 0.2) is 18.2 Å². The minimum atomic E-state index is -1.49. The number of Topliss-reactive ketones (excluding diaryl/α,β-unsaturated/α-hetero) is 1. The van der Waals surface area contributed by atoms with E-state index in [1.54, 1.807) is 18.2 Å². The first-order valence-corrected chi connectivity index (χ1v) is 13.1. The van der Waals surface area contributed by atoms with Crippen LogP contribution < -0.4 is 9.47 Å². The molecule has 0 N–H and O–H groups in total. The van der Waals surface area contributed by atoms with Gasteiger partial charge in [0, 0.05) is 6.42 Å². The number of benzene rings is 1. The summed E-state index contributed by atoms with van der Waals surface area (Å²) in [7, 11) is 2.52. The summed E-state index contributed by atoms with van der Waals surface area (Å²) < 4.78 is 29.2. The molecule has 0 aliphatic rings. The second kappa shape index (κ2) is 12.9. The van der Waals surface area contributed by atoms with Crippen molar-refractivity contribution < 1.29 is 28.4 Å². The van der Waals surface area contributed by atoms with Gasteiger partial charge in [-0.25, -0.2) is 0 Å². The minimum absolute atomic E-state index is 0.0198. The lowest BCUT2D eigenvalue weighted by molar-refractivity contribution is -0.149. The van der Waals surface area contributed by atoms with Crippen LogP contribution in [-0.4, -0.2) is 37.7 Å². The second-order valence-corrected chi connectivity index (χ2v) is 13.3. The van der Waals surface area contributed by atoms with Crippen molar-refractivity contribution in [3.8, 4) is 11.5 Å². The fourth-order valence-electron chi connectivity index (χ4n) is 4.97. The summed E-state index contributed by atoms with van der Waals surface area (Å²) in [6, 6.07) is 5.06. The highest BCUT2D eigenvalue weighted by Gasteiger charge is 2.46. The van der Waals surface area contributed by atoms with Crippen LogP contribution in [0.5, 0.6) is 11.5 Å². The third kappa shape index (κ3) is 9.91. The zero-order chi connectivity index (χ0) is 27.0. The highest BCUT2D eigenvalue weighted by molar-refractivity contribution is 7.28. The molecule has 0 radical (unpaired) electrons. The topological polar surface area (TPSA) is 78.9 Å². The van der Waals surface area contributed by atoms with Gasteiger partial charge in [-0.05, 0) is 54.1 Å². The summed E-state index contributed by atoms with van der Waals surface area (Å²) in [5.74, 6) is -0.0926. The number of rotatable bonds is 13. The molecule has 0 spiro atoms. The maximum absolute atomic E-state index is 13.6. The van der Waals surface area contributed by atoms with Gasteiger partial charge in [-0.1, -0.05) is 61.5 Å². The van der Waals surface area contributed by atoms with Gasteiger partial charge < -0.3 is 14.2 Å². The molecule has 0 saturated carbocycles. The lowest BCUT2D eigenvalue weighted by Crippen LogP contribution is -2.40. The van der Waals surface area contributed by atoms with Crippen molar-refractivity contribution in [3.63, 3.8) is 0 Å². The van der Waals surface area contributed by atoms with E-state index in [-0.39, 0.29) is 53.5 Å². The van der Waals surface area contributed by atoms with Crippen LogP contribution in [0.3, 0.4) is 0 Å². The number of ether oxygens (including phenoxy) is 3. The van der Waals surface area contributed by atoms with Gasteiger partial charge in [0.25, 0.3) is 0 Å². The van der Waals surface area contributed by atoms with E-state index < -0.39 is 19.6 Å². The SMILES string of the molecule is COc1cccc(OC)c1C(=O)CC(CC(C)CC(C)(C)C)(P=O)C(=O)OCC(C)CC(C)(C)C. The molecule has 1 rings (SSSR count). The van der Waals surface area contributed by atoms with Crippen molar-refractivity contribution >= 4 is 20.2 Å². The number of carbonyl (C=O) groups is 2. The monoisotopic (exact) mass is 508 g/mol. The molecule has 1 aromatic carbocycles. The summed E-state index contributed by atoms with van der Waals surface area (Å²) in [5, 5.41) is -1.49. The van der Waals surface area contributed by atoms with Crippen LogP contribution in [0.2, 0.25) is 0 Å². The molecule has 0 saturated heterocycles. The van der Waals surface area contributed by atoms with Crippen LogP contribution in [0, 0.1) is 22.7 Å². The molecule has 0 aromatic heterocycles. The molecule has 0 aliphatic heterocycles. The highest BCUT2D eigenvalue weighted by atomic mass is 31.1. The van der Waals surface area contributed by atoms with E-state index in [1.807, 2.05) is 13.8 Å². The number of esters is 1. The largest absolute Gasteiger partial charge is 0.496 e. The third-order valence-corrected chi connectivity index (χ3v) is 6.69. The zero-order valence-corrected chi connectivity index (χ0v) is 24.2. The Bertz CT molecular complexity index is 845. The van der Waals surface area contributed by atoms with Crippen LogP contribution >= 0.6 is 8.46 Å². The van der Waals surface area contributed by atoms with E-state index in [9.17, 15) is 14.2 Å². The minimum Gasteiger partial charge on any atom is -0.496 e. The average molecular weight is 509 g/mol. The quantitative estimate of drug-likeness (QED) is 0.157. The predicted octanol–water partition coefficient (Wildman–Crippen LogP) is 7.39. The zero-order valence-electron chi connectivity index (χ0n) is 23.3. The van der Waals surface area contributed by atoms with Gasteiger partial charge >= 0.3 is 5.97 Å². The van der Waals surface area contributed by atoms with Gasteiger partial charge in [-0.15, -0.1) is 0 Å². The molecule has 35 heavy (non-hydrogen) atoms. The molecule has 0 fully saturated rings. The maximum Gasteiger partial charge on any atom is 0.324 e. The molecular formula is C28H45O6P. The Morgan fingerprint density at radius 3 is 1.77 bits per heavy atom. The Balaban J connectivity index is 3.32. The second-order valence-electron chi connectivity index (χ2n) is 12.3. The number of methoxy groups -OCH3 is 2. The standard InChI is InChI=1S/C28H45O6P/c1-19(14-26(3,4)5)16-28(35-31,25(30)34-18-20(2)15-27(6,7)8)17-21(29)24-22(32-9)12-11-13-23(24)33-10/h11-13,19-20H,14-18H2,1-10H3. The van der Waals surface area contributed by atoms with Crippen LogP contribution in [0.1, 0.15) is 91.4 Å². The summed E-state index contributed by atoms with van der Waals surface area (Å²) in [5.41, 5.74) is 0.353. The third-order valence-electron chi connectivity index (χ3n) is 5.82. The predicted molar refractivity (Wildman–Crippen MR) is 141 cm³/mol. The van der Waals surface area contributed by atoms with E-state index in [0.717, 1.165) is 12.8 Å². The molecule has 1 aromatic rings. The van der Waals surface area contributed by atoms with Crippen molar-refractivity contribution in [2.75, 3.05) is 20.8 Å². The van der Waals surface area contributed by atoms with E-state index >= 15 is 0 Å². The molecule has 7 heteroatoms. The molecule has 3 atom stereocenters. The smallest absolute Gasteiger partial charge is 0.324 e. The molecule has 3 unspecified atom stereocenters. The van der Waals surface area contributed by atoms with Gasteiger partial charge in [0.05, 0.1) is 20.8 Å². The lowest BCUT2D eigenvalue weighted by atomic mass is 9.80. The first kappa shape index (κ1) is 31.1. The first-order valence-electron chi connectivity index (χ1n) is 12.3. The van der Waals surface area contributed by atoms with Gasteiger partial charge in [-0.2, -0.15) is 0 Å². The molecule has 6 nitrogen and oxygen atoms in total. The van der Waals surface area contributed by atoms with Crippen molar-refractivity contribution in [2.24, 2.45) is 22.7 Å².